The van der Waals surface area contributed by atoms with E-state index >= 15 is 0 Å². The Morgan fingerprint density at radius 1 is 1.23 bits per heavy atom. The molecule has 0 aliphatic heterocycles. The van der Waals surface area contributed by atoms with Crippen LogP contribution in [0.15, 0.2) is 48.5 Å². The summed E-state index contributed by atoms with van der Waals surface area (Å²) in [5.41, 5.74) is 8.61. The quantitative estimate of drug-likeness (QED) is 0.430. The number of hydrogen-bond acceptors (Lipinski definition) is 4. The highest BCUT2D eigenvalue weighted by molar-refractivity contribution is 14.1. The summed E-state index contributed by atoms with van der Waals surface area (Å²) in [6.07, 6.45) is 0.896. The second-order valence-electron chi connectivity index (χ2n) is 4.59. The highest BCUT2D eigenvalue weighted by Gasteiger charge is 2.10. The van der Waals surface area contributed by atoms with Crippen molar-refractivity contribution in [3.63, 3.8) is 0 Å². The van der Waals surface area contributed by atoms with E-state index in [1.54, 1.807) is 19.2 Å². The number of benzene rings is 2. The van der Waals surface area contributed by atoms with Crippen LogP contribution in [0.3, 0.4) is 0 Å². The standard InChI is InChI=1S/C16H17IN2O3/c1-21-14-5-3-2-4-12(14)10-15(18)19-22-16(20)11-6-8-13(17)9-7-11/h2-9H,10,18-19H2,1H3. The summed E-state index contributed by atoms with van der Waals surface area (Å²) in [5.74, 6) is 0.321. The number of rotatable bonds is 6. The van der Waals surface area contributed by atoms with Crippen LogP contribution >= 0.6 is 22.6 Å². The van der Waals surface area contributed by atoms with Gasteiger partial charge in [-0.25, -0.2) is 4.79 Å². The predicted octanol–water partition coefficient (Wildman–Crippen LogP) is 1.63. The molecule has 6 heteroatoms. The van der Waals surface area contributed by atoms with Crippen LogP contribution < -0.4 is 16.0 Å². The second-order valence-corrected chi connectivity index (χ2v) is 5.84. The Hall–Kier alpha value is -1.64. The van der Waals surface area contributed by atoms with Crippen LogP contribution in [0.1, 0.15) is 15.9 Å². The Morgan fingerprint density at radius 3 is 2.59 bits per heavy atom. The average molecular weight is 412 g/mol. The Labute approximate surface area is 142 Å². The first kappa shape index (κ1) is 16.7. The molecule has 22 heavy (non-hydrogen) atoms. The summed E-state index contributed by atoms with van der Waals surface area (Å²) < 4.78 is 6.32. The molecule has 0 heterocycles. The lowest BCUT2D eigenvalue weighted by Gasteiger charge is -2.21. The third-order valence-electron chi connectivity index (χ3n) is 2.98. The first-order chi connectivity index (χ1) is 10.6. The number of para-hydroxylation sites is 1. The number of halogens is 1. The third kappa shape index (κ3) is 4.69. The van der Waals surface area contributed by atoms with Crippen molar-refractivity contribution in [3.05, 3.63) is 69.4 Å². The van der Waals surface area contributed by atoms with E-state index in [0.717, 1.165) is 14.9 Å². The van der Waals surface area contributed by atoms with Gasteiger partial charge in [-0.1, -0.05) is 24.6 Å². The van der Waals surface area contributed by atoms with Gasteiger partial charge in [-0.3, -0.25) is 5.48 Å². The van der Waals surface area contributed by atoms with Crippen LogP contribution in [0.2, 0.25) is 0 Å². The minimum Gasteiger partial charge on any atom is -0.497 e. The maximum atomic E-state index is 11.9. The van der Waals surface area contributed by atoms with E-state index in [9.17, 15) is 4.79 Å². The predicted molar refractivity (Wildman–Crippen MR) is 90.6 cm³/mol. The number of hydroxylamine groups is 1. The SMILES string of the molecule is COc1ccccc1C[C-](N)[NH2+]OC(=O)c1ccc(I)cc1. The van der Waals surface area contributed by atoms with Gasteiger partial charge in [0.2, 0.25) is 0 Å². The fourth-order valence-electron chi connectivity index (χ4n) is 1.89. The van der Waals surface area contributed by atoms with Crippen molar-refractivity contribution in [2.24, 2.45) is 5.73 Å². The molecule has 0 saturated carbocycles. The first-order valence-corrected chi connectivity index (χ1v) is 7.71. The van der Waals surface area contributed by atoms with Crippen molar-refractivity contribution in [2.45, 2.75) is 6.42 Å². The molecule has 0 aliphatic rings. The number of carbonyl (C=O) groups is 1. The van der Waals surface area contributed by atoms with Crippen LogP contribution in [0, 0.1) is 9.74 Å². The van der Waals surface area contributed by atoms with Crippen molar-refractivity contribution in [3.8, 4) is 5.75 Å². The van der Waals surface area contributed by atoms with Crippen molar-refractivity contribution in [2.75, 3.05) is 7.11 Å². The summed E-state index contributed by atoms with van der Waals surface area (Å²) in [6.45, 7) is 0. The molecule has 0 aromatic heterocycles. The van der Waals surface area contributed by atoms with Crippen molar-refractivity contribution >= 4 is 28.6 Å². The van der Waals surface area contributed by atoms with Gasteiger partial charge in [0.1, 0.15) is 5.75 Å². The van der Waals surface area contributed by atoms with Gasteiger partial charge in [-0.15, -0.1) is 0 Å². The number of carbonyl (C=O) groups excluding carboxylic acids is 1. The lowest BCUT2D eigenvalue weighted by Crippen LogP contribution is -2.88. The molecular formula is C16H17IN2O3. The van der Waals surface area contributed by atoms with E-state index in [1.165, 1.54) is 5.48 Å². The minimum absolute atomic E-state index is 0.431. The van der Waals surface area contributed by atoms with Gasteiger partial charge >= 0.3 is 5.97 Å². The van der Waals surface area contributed by atoms with Crippen LogP contribution in [0.25, 0.3) is 0 Å². The first-order valence-electron chi connectivity index (χ1n) is 6.63. The monoisotopic (exact) mass is 412 g/mol. The normalized spacial score (nSPS) is 10.5. The molecule has 0 aliphatic carbocycles. The van der Waals surface area contributed by atoms with Crippen molar-refractivity contribution in [1.82, 2.24) is 0 Å². The largest absolute Gasteiger partial charge is 0.497 e. The Morgan fingerprint density at radius 2 is 1.91 bits per heavy atom. The van der Waals surface area contributed by atoms with Gasteiger partial charge in [-0.2, -0.15) is 0 Å². The lowest BCUT2D eigenvalue weighted by atomic mass is 10.1. The van der Waals surface area contributed by atoms with Crippen LogP contribution in [-0.4, -0.2) is 13.1 Å². The Kier molecular flexibility index (Phi) is 6.17. The molecule has 5 nitrogen and oxygen atoms in total. The van der Waals surface area contributed by atoms with Gasteiger partial charge in [0.05, 0.1) is 12.7 Å². The van der Waals surface area contributed by atoms with E-state index in [-0.39, 0.29) is 0 Å². The zero-order valence-electron chi connectivity index (χ0n) is 12.1. The molecule has 2 aromatic rings. The van der Waals surface area contributed by atoms with Crippen LogP contribution in [-0.2, 0) is 11.3 Å². The van der Waals surface area contributed by atoms with Crippen LogP contribution in [0.5, 0.6) is 5.75 Å². The highest BCUT2D eigenvalue weighted by atomic mass is 127. The molecule has 4 N–H and O–H groups in total. The highest BCUT2D eigenvalue weighted by Crippen LogP contribution is 2.18. The molecule has 0 fully saturated rings. The fourth-order valence-corrected chi connectivity index (χ4v) is 2.25. The zero-order chi connectivity index (χ0) is 15.9. The molecule has 2 rings (SSSR count). The zero-order valence-corrected chi connectivity index (χ0v) is 14.2. The topological polar surface area (TPSA) is 78.2 Å². The number of methoxy groups -OCH3 is 1. The maximum Gasteiger partial charge on any atom is 0.393 e. The molecule has 116 valence electrons. The van der Waals surface area contributed by atoms with Gasteiger partial charge in [0.25, 0.3) is 0 Å². The molecule has 0 bridgehead atoms. The Balaban J connectivity index is 1.88. The molecular weight excluding hydrogens is 395 g/mol. The molecule has 0 unspecified atom stereocenters. The fraction of sp³-hybridized carbons (Fsp3) is 0.125. The molecule has 0 atom stereocenters. The summed E-state index contributed by atoms with van der Waals surface area (Å²) >= 11 is 2.18. The number of quaternary nitrogens is 1. The van der Waals surface area contributed by atoms with Crippen molar-refractivity contribution < 1.29 is 19.8 Å². The second kappa shape index (κ2) is 8.11. The van der Waals surface area contributed by atoms with Crippen molar-refractivity contribution in [1.29, 1.82) is 0 Å². The molecule has 0 amide bonds. The van der Waals surface area contributed by atoms with Gasteiger partial charge in [0.15, 0.2) is 0 Å². The third-order valence-corrected chi connectivity index (χ3v) is 3.70. The van der Waals surface area contributed by atoms with E-state index in [4.69, 9.17) is 15.3 Å². The summed E-state index contributed by atoms with van der Waals surface area (Å²) in [6, 6.07) is 14.7. The Bertz CT molecular complexity index is 632. The average Bonchev–Trinajstić information content (AvgIpc) is 2.54. The minimum atomic E-state index is -0.431. The molecule has 0 saturated heterocycles. The van der Waals surface area contributed by atoms with Crippen LogP contribution in [0.4, 0.5) is 0 Å². The maximum absolute atomic E-state index is 11.9. The van der Waals surface area contributed by atoms with Gasteiger partial charge in [-0.05, 0) is 64.7 Å². The van der Waals surface area contributed by atoms with E-state index in [1.807, 2.05) is 36.4 Å². The summed E-state index contributed by atoms with van der Waals surface area (Å²) in [4.78, 5) is 17.0. The van der Waals surface area contributed by atoms with E-state index < -0.39 is 5.97 Å². The number of ether oxygens (including phenoxy) is 1. The number of hydrogen-bond donors (Lipinski definition) is 2. The summed E-state index contributed by atoms with van der Waals surface area (Å²) in [5, 5.41) is 0. The number of nitrogens with two attached hydrogens (primary N) is 2. The molecule has 2 aromatic carbocycles. The van der Waals surface area contributed by atoms with E-state index in [2.05, 4.69) is 22.6 Å². The van der Waals surface area contributed by atoms with Gasteiger partial charge in [0, 0.05) is 3.57 Å². The molecule has 0 spiro atoms. The lowest BCUT2D eigenvalue weighted by molar-refractivity contribution is -0.860. The summed E-state index contributed by atoms with van der Waals surface area (Å²) in [7, 11) is 1.61. The smallest absolute Gasteiger partial charge is 0.393 e. The van der Waals surface area contributed by atoms with E-state index in [0.29, 0.717) is 18.2 Å². The molecule has 0 radical (unpaired) electrons. The van der Waals surface area contributed by atoms with Gasteiger partial charge < -0.3 is 15.3 Å².